The summed E-state index contributed by atoms with van der Waals surface area (Å²) >= 11 is 0. The molecular weight excluding hydrogens is 408 g/mol. The quantitative estimate of drug-likeness (QED) is 0.478. The Morgan fingerprint density at radius 3 is 2.76 bits per heavy atom. The molecule has 1 aromatic carbocycles. The molecule has 33 heavy (non-hydrogen) atoms. The van der Waals surface area contributed by atoms with E-state index in [9.17, 15) is 10.1 Å². The van der Waals surface area contributed by atoms with Crippen LogP contribution in [-0.2, 0) is 23.1 Å². The second-order valence-corrected chi connectivity index (χ2v) is 8.98. The van der Waals surface area contributed by atoms with Crippen molar-refractivity contribution in [3.63, 3.8) is 0 Å². The SMILES string of the molecule is C=N/C=C\C(=C/C)c1nc(Cc2ccccc2)c2c(n1)[C@]1(C)C=C(C#N)C(=O)[C@H](C)[C@H]1CC2. The Kier molecular flexibility index (Phi) is 6.20. The molecule has 2 aromatic rings. The lowest BCUT2D eigenvalue weighted by molar-refractivity contribution is -0.121. The summed E-state index contributed by atoms with van der Waals surface area (Å²) in [5.41, 5.74) is 4.84. The monoisotopic (exact) mass is 436 g/mol. The van der Waals surface area contributed by atoms with E-state index in [1.54, 1.807) is 6.20 Å². The van der Waals surface area contributed by atoms with Crippen LogP contribution in [0.5, 0.6) is 0 Å². The van der Waals surface area contributed by atoms with Crippen molar-refractivity contribution in [3.8, 4) is 6.07 Å². The predicted octanol–water partition coefficient (Wildman–Crippen LogP) is 5.17. The summed E-state index contributed by atoms with van der Waals surface area (Å²) in [6, 6.07) is 12.4. The number of Topliss-reactive ketones (excluding diaryl/α,β-unsaturated/α-hetero) is 1. The second kappa shape index (κ2) is 9.07. The molecule has 0 saturated carbocycles. The van der Waals surface area contributed by atoms with Gasteiger partial charge < -0.3 is 0 Å². The largest absolute Gasteiger partial charge is 0.293 e. The molecule has 1 heterocycles. The van der Waals surface area contributed by atoms with Gasteiger partial charge in [-0.1, -0.05) is 56.3 Å². The van der Waals surface area contributed by atoms with E-state index in [4.69, 9.17) is 9.97 Å². The van der Waals surface area contributed by atoms with Gasteiger partial charge in [0.05, 0.1) is 17.0 Å². The maximum atomic E-state index is 12.8. The number of aliphatic imine (C=N–C) groups is 1. The molecular formula is C28H28N4O. The van der Waals surface area contributed by atoms with Gasteiger partial charge in [0.2, 0.25) is 0 Å². The Morgan fingerprint density at radius 1 is 1.33 bits per heavy atom. The number of nitrogens with zero attached hydrogens (tertiary/aromatic N) is 4. The number of allylic oxidation sites excluding steroid dienone is 5. The van der Waals surface area contributed by atoms with Gasteiger partial charge >= 0.3 is 0 Å². The first kappa shape index (κ1) is 22.5. The number of carbonyl (C=O) groups excluding carboxylic acids is 1. The fourth-order valence-electron chi connectivity index (χ4n) is 5.34. The number of fused-ring (bicyclic) bond motifs is 3. The Bertz CT molecular complexity index is 1230. The highest BCUT2D eigenvalue weighted by atomic mass is 16.1. The van der Waals surface area contributed by atoms with Crippen LogP contribution in [0.1, 0.15) is 55.5 Å². The van der Waals surface area contributed by atoms with Crippen LogP contribution in [0.3, 0.4) is 0 Å². The van der Waals surface area contributed by atoms with E-state index in [1.807, 2.05) is 50.3 Å². The van der Waals surface area contributed by atoms with Crippen molar-refractivity contribution in [2.24, 2.45) is 16.8 Å². The van der Waals surface area contributed by atoms with Crippen LogP contribution in [0.4, 0.5) is 0 Å². The van der Waals surface area contributed by atoms with E-state index in [2.05, 4.69) is 36.8 Å². The van der Waals surface area contributed by atoms with Crippen molar-refractivity contribution in [1.29, 1.82) is 5.26 Å². The molecule has 4 rings (SSSR count). The maximum Gasteiger partial charge on any atom is 0.176 e. The molecule has 0 N–H and O–H groups in total. The van der Waals surface area contributed by atoms with E-state index in [-0.39, 0.29) is 23.2 Å². The normalized spacial score (nSPS) is 24.6. The molecule has 3 atom stereocenters. The number of rotatable bonds is 5. The van der Waals surface area contributed by atoms with Gasteiger partial charge in [-0.15, -0.1) is 0 Å². The minimum Gasteiger partial charge on any atom is -0.293 e. The van der Waals surface area contributed by atoms with E-state index >= 15 is 0 Å². The van der Waals surface area contributed by atoms with Crippen LogP contribution in [0.25, 0.3) is 5.57 Å². The number of hydrogen-bond acceptors (Lipinski definition) is 5. The van der Waals surface area contributed by atoms with Gasteiger partial charge in [0.1, 0.15) is 6.07 Å². The van der Waals surface area contributed by atoms with Crippen LogP contribution < -0.4 is 0 Å². The van der Waals surface area contributed by atoms with E-state index in [1.165, 1.54) is 5.56 Å². The van der Waals surface area contributed by atoms with Crippen LogP contribution in [0, 0.1) is 23.2 Å². The molecule has 1 aromatic heterocycles. The number of nitriles is 1. The average molecular weight is 437 g/mol. The highest BCUT2D eigenvalue weighted by Gasteiger charge is 2.49. The lowest BCUT2D eigenvalue weighted by atomic mass is 9.57. The van der Waals surface area contributed by atoms with Crippen molar-refractivity contribution in [2.75, 3.05) is 0 Å². The van der Waals surface area contributed by atoms with Gasteiger partial charge in [-0.05, 0) is 49.6 Å². The van der Waals surface area contributed by atoms with Gasteiger partial charge in [-0.25, -0.2) is 9.97 Å². The zero-order valence-corrected chi connectivity index (χ0v) is 19.4. The molecule has 166 valence electrons. The lowest BCUT2D eigenvalue weighted by Crippen LogP contribution is -2.46. The van der Waals surface area contributed by atoms with Gasteiger partial charge in [0.15, 0.2) is 11.6 Å². The molecule has 5 heteroatoms. The topological polar surface area (TPSA) is 79.0 Å². The molecule has 0 radical (unpaired) electrons. The smallest absolute Gasteiger partial charge is 0.176 e. The highest BCUT2D eigenvalue weighted by molar-refractivity contribution is 6.02. The number of hydrogen-bond donors (Lipinski definition) is 0. The molecule has 0 fully saturated rings. The van der Waals surface area contributed by atoms with E-state index in [0.717, 1.165) is 35.4 Å². The van der Waals surface area contributed by atoms with Crippen LogP contribution >= 0.6 is 0 Å². The summed E-state index contributed by atoms with van der Waals surface area (Å²) in [7, 11) is 0. The first-order valence-electron chi connectivity index (χ1n) is 11.3. The fourth-order valence-corrected chi connectivity index (χ4v) is 5.34. The van der Waals surface area contributed by atoms with Crippen molar-refractivity contribution in [3.05, 3.63) is 88.7 Å². The molecule has 5 nitrogen and oxygen atoms in total. The molecule has 2 aliphatic carbocycles. The van der Waals surface area contributed by atoms with Gasteiger partial charge in [0, 0.05) is 29.5 Å². The number of aromatic nitrogens is 2. The second-order valence-electron chi connectivity index (χ2n) is 8.98. The van der Waals surface area contributed by atoms with Gasteiger partial charge in [-0.2, -0.15) is 5.26 Å². The molecule has 0 spiro atoms. The van der Waals surface area contributed by atoms with Crippen LogP contribution in [-0.4, -0.2) is 22.5 Å². The molecule has 0 unspecified atom stereocenters. The summed E-state index contributed by atoms with van der Waals surface area (Å²) in [5.74, 6) is 0.447. The molecule has 2 aliphatic rings. The molecule has 0 amide bonds. The summed E-state index contributed by atoms with van der Waals surface area (Å²) in [6.07, 6.45) is 9.69. The zero-order chi connectivity index (χ0) is 23.6. The minimum absolute atomic E-state index is 0.0589. The Balaban J connectivity index is 1.96. The third-order valence-electron chi connectivity index (χ3n) is 7.07. The van der Waals surface area contributed by atoms with Crippen molar-refractivity contribution in [2.45, 2.75) is 45.4 Å². The highest BCUT2D eigenvalue weighted by Crippen LogP contribution is 2.49. The van der Waals surface area contributed by atoms with Gasteiger partial charge in [0.25, 0.3) is 0 Å². The number of ketones is 1. The molecule has 0 bridgehead atoms. The number of carbonyl (C=O) groups is 1. The summed E-state index contributed by atoms with van der Waals surface area (Å²) in [6.45, 7) is 9.54. The van der Waals surface area contributed by atoms with Crippen LogP contribution in [0.15, 0.2) is 65.3 Å². The Morgan fingerprint density at radius 2 is 2.09 bits per heavy atom. The fraction of sp³-hybridized carbons (Fsp3) is 0.321. The number of benzene rings is 1. The molecule has 0 aliphatic heterocycles. The summed E-state index contributed by atoms with van der Waals surface area (Å²) in [5, 5.41) is 9.65. The Hall–Kier alpha value is -3.65. The van der Waals surface area contributed by atoms with Crippen molar-refractivity contribution in [1.82, 2.24) is 9.97 Å². The summed E-state index contributed by atoms with van der Waals surface area (Å²) < 4.78 is 0. The van der Waals surface area contributed by atoms with E-state index in [0.29, 0.717) is 12.2 Å². The van der Waals surface area contributed by atoms with Crippen LogP contribution in [0.2, 0.25) is 0 Å². The zero-order valence-electron chi connectivity index (χ0n) is 19.4. The predicted molar refractivity (Wildman–Crippen MR) is 131 cm³/mol. The average Bonchev–Trinajstić information content (AvgIpc) is 2.83. The first-order valence-corrected chi connectivity index (χ1v) is 11.3. The third kappa shape index (κ3) is 3.98. The van der Waals surface area contributed by atoms with Gasteiger partial charge in [-0.3, -0.25) is 9.79 Å². The maximum absolute atomic E-state index is 12.8. The standard InChI is InChI=1S/C28H28N4O/c1-5-20(13-14-30-4)27-31-24(15-19-9-7-6-8-10-19)22-11-12-23-18(2)25(33)21(17-29)16-28(23,3)26(22)32-27/h5-10,13-14,16,18,23H,4,11-12,15H2,1-3H3/b14-13-,20-5+/t18-,23-,28-/m1/s1. The minimum atomic E-state index is -0.506. The van der Waals surface area contributed by atoms with E-state index < -0.39 is 5.41 Å². The third-order valence-corrected chi connectivity index (χ3v) is 7.07. The molecule has 0 saturated heterocycles. The first-order chi connectivity index (χ1) is 15.9. The Labute approximate surface area is 195 Å². The lowest BCUT2D eigenvalue weighted by Gasteiger charge is -2.45. The van der Waals surface area contributed by atoms with Crippen molar-refractivity contribution >= 4 is 18.1 Å². The van der Waals surface area contributed by atoms with Crippen molar-refractivity contribution < 1.29 is 4.79 Å². The summed E-state index contributed by atoms with van der Waals surface area (Å²) in [4.78, 5) is 26.7.